The Balaban J connectivity index is 1.66. The molecule has 2 aromatic carbocycles. The second-order valence-electron chi connectivity index (χ2n) is 6.40. The number of carbonyl (C=O) groups excluding carboxylic acids is 1. The van der Waals surface area contributed by atoms with E-state index in [2.05, 4.69) is 10.3 Å². The highest BCUT2D eigenvalue weighted by Crippen LogP contribution is 2.18. The molecule has 0 aliphatic rings. The number of nitrogens with one attached hydrogen (secondary N) is 1. The molecular weight excluding hydrogens is 420 g/mol. The molecule has 0 spiro atoms. The van der Waals surface area contributed by atoms with Gasteiger partial charge in [0, 0.05) is 6.20 Å². The number of hydrogen-bond acceptors (Lipinski definition) is 5. The fourth-order valence-electron chi connectivity index (χ4n) is 2.61. The van der Waals surface area contributed by atoms with Crippen molar-refractivity contribution in [1.29, 1.82) is 0 Å². The van der Waals surface area contributed by atoms with Gasteiger partial charge in [0.1, 0.15) is 29.0 Å². The molecule has 0 atom stereocenters. The lowest BCUT2D eigenvalue weighted by atomic mass is 10.1. The molecule has 0 fully saturated rings. The first-order valence-electron chi connectivity index (χ1n) is 9.18. The van der Waals surface area contributed by atoms with Gasteiger partial charge >= 0.3 is 5.97 Å². The van der Waals surface area contributed by atoms with Crippen LogP contribution < -0.4 is 14.8 Å². The van der Waals surface area contributed by atoms with Gasteiger partial charge in [-0.05, 0) is 53.6 Å². The Morgan fingerprint density at radius 1 is 1.10 bits per heavy atom. The van der Waals surface area contributed by atoms with Crippen molar-refractivity contribution in [2.45, 2.75) is 6.61 Å². The summed E-state index contributed by atoms with van der Waals surface area (Å²) >= 11 is 5.70. The molecule has 0 bridgehead atoms. The van der Waals surface area contributed by atoms with E-state index in [1.165, 1.54) is 24.4 Å². The van der Waals surface area contributed by atoms with E-state index in [4.69, 9.17) is 21.1 Å². The quantitative estimate of drug-likeness (QED) is 0.404. The summed E-state index contributed by atoms with van der Waals surface area (Å²) in [6.07, 6.45) is 2.63. The zero-order valence-electron chi connectivity index (χ0n) is 16.5. The van der Waals surface area contributed by atoms with E-state index >= 15 is 0 Å². The third-order valence-electron chi connectivity index (χ3n) is 4.20. The van der Waals surface area contributed by atoms with Crippen LogP contribution in [0.1, 0.15) is 21.5 Å². The molecule has 3 rings (SSSR count). The molecule has 0 aliphatic carbocycles. The molecule has 158 valence electrons. The Kier molecular flexibility index (Phi) is 7.24. The molecule has 8 heteroatoms. The summed E-state index contributed by atoms with van der Waals surface area (Å²) in [5.74, 6) is -0.503. The lowest BCUT2D eigenvalue weighted by Gasteiger charge is -2.09. The van der Waals surface area contributed by atoms with Crippen LogP contribution in [0.4, 0.5) is 0 Å². The van der Waals surface area contributed by atoms with Gasteiger partial charge in [-0.2, -0.15) is 0 Å². The Bertz CT molecular complexity index is 1100. The normalized spacial score (nSPS) is 11.0. The maximum Gasteiger partial charge on any atom is 0.352 e. The first kappa shape index (κ1) is 21.9. The largest absolute Gasteiger partial charge is 0.497 e. The molecule has 0 unspecified atom stereocenters. The summed E-state index contributed by atoms with van der Waals surface area (Å²) in [6.45, 7) is 0.359. The molecule has 7 nitrogen and oxygen atoms in total. The van der Waals surface area contributed by atoms with Crippen LogP contribution in [-0.4, -0.2) is 29.1 Å². The highest BCUT2D eigenvalue weighted by Gasteiger charge is 2.14. The van der Waals surface area contributed by atoms with Crippen molar-refractivity contribution in [3.8, 4) is 11.5 Å². The Hall–Kier alpha value is -3.84. The number of hydrogen-bond donors (Lipinski definition) is 2. The summed E-state index contributed by atoms with van der Waals surface area (Å²) in [5, 5.41) is 12.0. The van der Waals surface area contributed by atoms with Gasteiger partial charge in [0.2, 0.25) is 0 Å². The van der Waals surface area contributed by atoms with Crippen molar-refractivity contribution in [2.75, 3.05) is 7.11 Å². The monoisotopic (exact) mass is 438 g/mol. The van der Waals surface area contributed by atoms with Gasteiger partial charge in [-0.1, -0.05) is 35.9 Å². The molecule has 2 N–H and O–H groups in total. The topological polar surface area (TPSA) is 97.8 Å². The number of benzene rings is 2. The number of aliphatic carboxylic acids is 1. The van der Waals surface area contributed by atoms with E-state index in [0.717, 1.165) is 11.3 Å². The van der Waals surface area contributed by atoms with E-state index < -0.39 is 11.9 Å². The number of methoxy groups -OCH3 is 1. The van der Waals surface area contributed by atoms with Crippen LogP contribution in [0.25, 0.3) is 6.08 Å². The van der Waals surface area contributed by atoms with Crippen LogP contribution in [0.2, 0.25) is 5.15 Å². The maximum absolute atomic E-state index is 12.3. The molecule has 1 aromatic heterocycles. The van der Waals surface area contributed by atoms with Crippen molar-refractivity contribution in [3.05, 3.63) is 94.4 Å². The fourth-order valence-corrected chi connectivity index (χ4v) is 2.72. The van der Waals surface area contributed by atoms with Crippen LogP contribution in [0.15, 0.2) is 72.6 Å². The van der Waals surface area contributed by atoms with Crippen molar-refractivity contribution in [1.82, 2.24) is 10.3 Å². The number of ether oxygens (including phenoxy) is 2. The Labute approximate surface area is 183 Å². The molecule has 0 radical (unpaired) electrons. The van der Waals surface area contributed by atoms with Gasteiger partial charge in [-0.15, -0.1) is 0 Å². The summed E-state index contributed by atoms with van der Waals surface area (Å²) in [7, 11) is 1.60. The summed E-state index contributed by atoms with van der Waals surface area (Å²) in [4.78, 5) is 27.6. The second-order valence-corrected chi connectivity index (χ2v) is 6.78. The van der Waals surface area contributed by atoms with Gasteiger partial charge in [0.05, 0.1) is 12.7 Å². The third kappa shape index (κ3) is 6.32. The van der Waals surface area contributed by atoms with Crippen molar-refractivity contribution in [3.63, 3.8) is 0 Å². The number of nitrogens with zero attached hydrogens (tertiary/aromatic N) is 1. The minimum atomic E-state index is -1.27. The third-order valence-corrected chi connectivity index (χ3v) is 4.42. The first-order valence-corrected chi connectivity index (χ1v) is 9.56. The minimum absolute atomic E-state index is 0.192. The Morgan fingerprint density at radius 2 is 1.87 bits per heavy atom. The van der Waals surface area contributed by atoms with E-state index in [1.54, 1.807) is 31.4 Å². The lowest BCUT2D eigenvalue weighted by molar-refractivity contribution is -0.132. The average molecular weight is 439 g/mol. The molecule has 3 aromatic rings. The number of carbonyl (C=O) groups is 2. The highest BCUT2D eigenvalue weighted by molar-refractivity contribution is 6.29. The van der Waals surface area contributed by atoms with Gasteiger partial charge in [0.15, 0.2) is 0 Å². The fraction of sp³-hybridized carbons (Fsp3) is 0.0870. The molecular formula is C23H19ClN2O5. The first-order chi connectivity index (χ1) is 14.9. The average Bonchev–Trinajstić information content (AvgIpc) is 2.78. The summed E-state index contributed by atoms with van der Waals surface area (Å²) < 4.78 is 10.9. The van der Waals surface area contributed by atoms with Crippen molar-refractivity contribution in [2.24, 2.45) is 0 Å². The minimum Gasteiger partial charge on any atom is -0.497 e. The van der Waals surface area contributed by atoms with Crippen LogP contribution >= 0.6 is 11.6 Å². The van der Waals surface area contributed by atoms with Gasteiger partial charge < -0.3 is 19.9 Å². The predicted molar refractivity (Wildman–Crippen MR) is 116 cm³/mol. The van der Waals surface area contributed by atoms with E-state index in [0.29, 0.717) is 17.9 Å². The maximum atomic E-state index is 12.3. The van der Waals surface area contributed by atoms with Gasteiger partial charge in [-0.3, -0.25) is 4.79 Å². The van der Waals surface area contributed by atoms with E-state index in [-0.39, 0.29) is 16.4 Å². The molecule has 1 amide bonds. The number of rotatable bonds is 8. The van der Waals surface area contributed by atoms with Gasteiger partial charge in [0.25, 0.3) is 5.91 Å². The zero-order chi connectivity index (χ0) is 22.2. The standard InChI is InChI=1S/C23H19ClN2O5/c1-30-19-4-2-3-16(11-19)14-31-18-8-5-15(6-9-18)12-20(23(28)29)26-22(27)17-7-10-21(24)25-13-17/h2-13H,14H2,1H3,(H,26,27)(H,28,29)/b20-12+. The summed E-state index contributed by atoms with van der Waals surface area (Å²) in [6, 6.07) is 17.3. The second kappa shape index (κ2) is 10.3. The van der Waals surface area contributed by atoms with Gasteiger partial charge in [-0.25, -0.2) is 9.78 Å². The van der Waals surface area contributed by atoms with Crippen molar-refractivity contribution >= 4 is 29.6 Å². The van der Waals surface area contributed by atoms with E-state index in [9.17, 15) is 14.7 Å². The highest BCUT2D eigenvalue weighted by atomic mass is 35.5. The van der Waals surface area contributed by atoms with Crippen molar-refractivity contribution < 1.29 is 24.2 Å². The number of carboxylic acids is 1. The molecule has 0 saturated carbocycles. The number of aromatic nitrogens is 1. The predicted octanol–water partition coefficient (Wildman–Crippen LogP) is 4.18. The summed E-state index contributed by atoms with van der Waals surface area (Å²) in [5.41, 5.74) is 1.46. The smallest absolute Gasteiger partial charge is 0.352 e. The molecule has 0 aliphatic heterocycles. The van der Waals surface area contributed by atoms with Crippen LogP contribution in [0.5, 0.6) is 11.5 Å². The molecule has 0 saturated heterocycles. The Morgan fingerprint density at radius 3 is 2.52 bits per heavy atom. The number of carboxylic acid groups (broad SMARTS) is 1. The van der Waals surface area contributed by atoms with Crippen LogP contribution in [0, 0.1) is 0 Å². The SMILES string of the molecule is COc1cccc(COc2ccc(/C=C(/NC(=O)c3ccc(Cl)nc3)C(=O)O)cc2)c1. The van der Waals surface area contributed by atoms with Crippen LogP contribution in [-0.2, 0) is 11.4 Å². The number of pyridine rings is 1. The molecule has 31 heavy (non-hydrogen) atoms. The molecule has 1 heterocycles. The number of halogens is 1. The zero-order valence-corrected chi connectivity index (χ0v) is 17.3. The van der Waals surface area contributed by atoms with E-state index in [1.807, 2.05) is 24.3 Å². The van der Waals surface area contributed by atoms with Crippen LogP contribution in [0.3, 0.4) is 0 Å². The number of amides is 1. The lowest BCUT2D eigenvalue weighted by Crippen LogP contribution is -2.27.